The minimum absolute atomic E-state index is 0.280. The maximum atomic E-state index is 5.99. The lowest BCUT2D eigenvalue weighted by molar-refractivity contribution is 0.181. The molecule has 0 aliphatic carbocycles. The van der Waals surface area contributed by atoms with Crippen molar-refractivity contribution in [3.8, 4) is 11.1 Å². The molecule has 138 valence electrons. The monoisotopic (exact) mass is 362 g/mol. The zero-order chi connectivity index (χ0) is 19.1. The van der Waals surface area contributed by atoms with E-state index in [1.807, 2.05) is 42.9 Å². The van der Waals surface area contributed by atoms with E-state index in [2.05, 4.69) is 29.1 Å². The van der Waals surface area contributed by atoms with Crippen LogP contribution in [-0.4, -0.2) is 31.6 Å². The van der Waals surface area contributed by atoms with E-state index in [9.17, 15) is 0 Å². The summed E-state index contributed by atoms with van der Waals surface area (Å²) >= 11 is 0. The van der Waals surface area contributed by atoms with Gasteiger partial charge in [0.15, 0.2) is 5.65 Å². The van der Waals surface area contributed by atoms with Gasteiger partial charge in [0.1, 0.15) is 12.6 Å². The van der Waals surface area contributed by atoms with Crippen LogP contribution in [0.2, 0.25) is 0 Å². The lowest BCUT2D eigenvalue weighted by atomic mass is 9.97. The topological polar surface area (TPSA) is 83.8 Å². The number of aryl methyl sites for hydroxylation is 2. The summed E-state index contributed by atoms with van der Waals surface area (Å²) < 4.78 is 3.35. The van der Waals surface area contributed by atoms with Crippen molar-refractivity contribution in [2.75, 3.05) is 12.8 Å². The lowest BCUT2D eigenvalue weighted by Gasteiger charge is -2.11. The number of aromatic nitrogens is 5. The number of hydrogen-bond donors (Lipinski definition) is 1. The summed E-state index contributed by atoms with van der Waals surface area (Å²) in [6, 6.07) is 12.3. The Hall–Kier alpha value is -3.35. The Morgan fingerprint density at radius 2 is 1.85 bits per heavy atom. The van der Waals surface area contributed by atoms with Gasteiger partial charge >= 0.3 is 0 Å². The Kier molecular flexibility index (Phi) is 4.07. The van der Waals surface area contributed by atoms with Crippen molar-refractivity contribution >= 4 is 17.1 Å². The zero-order valence-electron chi connectivity index (χ0n) is 15.9. The Balaban J connectivity index is 1.99. The van der Waals surface area contributed by atoms with Crippen molar-refractivity contribution in [2.45, 2.75) is 20.3 Å². The fraction of sp³-hybridized carbons (Fsp3) is 0.250. The van der Waals surface area contributed by atoms with Gasteiger partial charge in [-0.3, -0.25) is 4.68 Å². The molecule has 0 aliphatic rings. The standard InChI is InChI=1S/C20H22N6O/c1-12-18(13(2)25(3)24-12)15-11-17-19(26(27-4)20(21)23-17)22-16(15)10-14-8-6-5-7-9-14/h5-9,11H,10H2,1-4H3,(H2,21,23). The van der Waals surface area contributed by atoms with Crippen LogP contribution in [-0.2, 0) is 13.5 Å². The molecule has 0 saturated carbocycles. The predicted molar refractivity (Wildman–Crippen MR) is 105 cm³/mol. The van der Waals surface area contributed by atoms with Gasteiger partial charge in [-0.25, -0.2) is 9.97 Å². The molecule has 0 aliphatic heterocycles. The summed E-state index contributed by atoms with van der Waals surface area (Å²) in [4.78, 5) is 14.6. The summed E-state index contributed by atoms with van der Waals surface area (Å²) in [6.07, 6.45) is 0.689. The third-order valence-corrected chi connectivity index (χ3v) is 4.87. The number of anilines is 1. The van der Waals surface area contributed by atoms with Gasteiger partial charge in [-0.1, -0.05) is 30.3 Å². The van der Waals surface area contributed by atoms with Gasteiger partial charge in [0.05, 0.1) is 11.4 Å². The first-order chi connectivity index (χ1) is 13.0. The Labute approximate surface area is 157 Å². The molecule has 3 aromatic heterocycles. The maximum absolute atomic E-state index is 5.99. The van der Waals surface area contributed by atoms with Gasteiger partial charge < -0.3 is 10.6 Å². The number of hydrogen-bond acceptors (Lipinski definition) is 5. The summed E-state index contributed by atoms with van der Waals surface area (Å²) in [5.74, 6) is 0.280. The van der Waals surface area contributed by atoms with E-state index in [0.717, 1.165) is 28.2 Å². The van der Waals surface area contributed by atoms with E-state index in [1.54, 1.807) is 7.11 Å². The van der Waals surface area contributed by atoms with Crippen molar-refractivity contribution < 1.29 is 4.84 Å². The summed E-state index contributed by atoms with van der Waals surface area (Å²) in [6.45, 7) is 4.08. The molecule has 1 aromatic carbocycles. The molecule has 0 fully saturated rings. The van der Waals surface area contributed by atoms with E-state index in [-0.39, 0.29) is 5.95 Å². The van der Waals surface area contributed by atoms with Crippen LogP contribution in [0.15, 0.2) is 36.4 Å². The number of nitrogens with zero attached hydrogens (tertiary/aromatic N) is 5. The van der Waals surface area contributed by atoms with E-state index in [0.29, 0.717) is 17.6 Å². The van der Waals surface area contributed by atoms with E-state index in [1.165, 1.54) is 10.3 Å². The number of imidazole rings is 1. The molecular weight excluding hydrogens is 340 g/mol. The summed E-state index contributed by atoms with van der Waals surface area (Å²) in [5.41, 5.74) is 13.6. The summed E-state index contributed by atoms with van der Waals surface area (Å²) in [5, 5.41) is 4.57. The quantitative estimate of drug-likeness (QED) is 0.603. The highest BCUT2D eigenvalue weighted by molar-refractivity contribution is 5.83. The van der Waals surface area contributed by atoms with Crippen molar-refractivity contribution in [1.82, 2.24) is 24.5 Å². The lowest BCUT2D eigenvalue weighted by Crippen LogP contribution is -2.10. The fourth-order valence-electron chi connectivity index (χ4n) is 3.52. The number of benzene rings is 1. The highest BCUT2D eigenvalue weighted by atomic mass is 16.6. The largest absolute Gasteiger partial charge is 0.412 e. The molecule has 3 heterocycles. The van der Waals surface area contributed by atoms with Gasteiger partial charge in [-0.15, -0.1) is 4.73 Å². The van der Waals surface area contributed by atoms with Gasteiger partial charge in [0.25, 0.3) is 0 Å². The third kappa shape index (κ3) is 2.81. The first-order valence-corrected chi connectivity index (χ1v) is 8.76. The van der Waals surface area contributed by atoms with Gasteiger partial charge in [0, 0.05) is 30.3 Å². The van der Waals surface area contributed by atoms with Crippen molar-refractivity contribution in [1.29, 1.82) is 0 Å². The van der Waals surface area contributed by atoms with Crippen LogP contribution < -0.4 is 10.6 Å². The Bertz CT molecular complexity index is 1130. The second-order valence-electron chi connectivity index (χ2n) is 6.60. The van der Waals surface area contributed by atoms with E-state index >= 15 is 0 Å². The van der Waals surface area contributed by atoms with Crippen LogP contribution >= 0.6 is 0 Å². The minimum Gasteiger partial charge on any atom is -0.412 e. The molecule has 0 bridgehead atoms. The van der Waals surface area contributed by atoms with Crippen LogP contribution in [0.5, 0.6) is 0 Å². The molecule has 4 aromatic rings. The molecule has 7 heteroatoms. The second-order valence-corrected chi connectivity index (χ2v) is 6.60. The Morgan fingerprint density at radius 1 is 1.11 bits per heavy atom. The third-order valence-electron chi connectivity index (χ3n) is 4.87. The number of nitrogens with two attached hydrogens (primary N) is 1. The maximum Gasteiger partial charge on any atom is 0.237 e. The highest BCUT2D eigenvalue weighted by Gasteiger charge is 2.20. The number of pyridine rings is 1. The molecule has 7 nitrogen and oxygen atoms in total. The molecule has 0 atom stereocenters. The van der Waals surface area contributed by atoms with Crippen LogP contribution in [0.4, 0.5) is 5.95 Å². The molecule has 0 saturated heterocycles. The van der Waals surface area contributed by atoms with Gasteiger partial charge in [-0.2, -0.15) is 5.10 Å². The van der Waals surface area contributed by atoms with Crippen molar-refractivity contribution in [2.24, 2.45) is 7.05 Å². The molecule has 2 N–H and O–H groups in total. The average Bonchev–Trinajstić information content (AvgIpc) is 3.09. The predicted octanol–water partition coefficient (Wildman–Crippen LogP) is 2.68. The summed E-state index contributed by atoms with van der Waals surface area (Å²) in [7, 11) is 3.51. The second kappa shape index (κ2) is 6.42. The van der Waals surface area contributed by atoms with Crippen molar-refractivity contribution in [3.05, 3.63) is 59.0 Å². The average molecular weight is 362 g/mol. The smallest absolute Gasteiger partial charge is 0.237 e. The molecule has 0 radical (unpaired) electrons. The number of nitrogen functional groups attached to an aromatic ring is 1. The molecule has 0 unspecified atom stereocenters. The molecule has 27 heavy (non-hydrogen) atoms. The van der Waals surface area contributed by atoms with Crippen molar-refractivity contribution in [3.63, 3.8) is 0 Å². The first kappa shape index (κ1) is 17.1. The van der Waals surface area contributed by atoms with Crippen LogP contribution in [0, 0.1) is 13.8 Å². The molecular formula is C20H22N6O. The highest BCUT2D eigenvalue weighted by Crippen LogP contribution is 2.32. The number of fused-ring (bicyclic) bond motifs is 1. The van der Waals surface area contributed by atoms with Crippen LogP contribution in [0.1, 0.15) is 22.6 Å². The molecule has 0 spiro atoms. The SMILES string of the molecule is COn1c(N)nc2cc(-c3c(C)nn(C)c3C)c(Cc3ccccc3)nc21. The normalized spacial score (nSPS) is 11.3. The van der Waals surface area contributed by atoms with Crippen LogP contribution in [0.3, 0.4) is 0 Å². The minimum atomic E-state index is 0.280. The Morgan fingerprint density at radius 3 is 2.48 bits per heavy atom. The van der Waals surface area contributed by atoms with Crippen LogP contribution in [0.25, 0.3) is 22.3 Å². The zero-order valence-corrected chi connectivity index (χ0v) is 15.9. The van der Waals surface area contributed by atoms with E-state index < -0.39 is 0 Å². The van der Waals surface area contributed by atoms with Gasteiger partial charge in [-0.05, 0) is 25.5 Å². The van der Waals surface area contributed by atoms with E-state index in [4.69, 9.17) is 15.6 Å². The fourth-order valence-corrected chi connectivity index (χ4v) is 3.52. The first-order valence-electron chi connectivity index (χ1n) is 8.76. The number of rotatable bonds is 4. The molecule has 0 amide bonds. The molecule has 4 rings (SSSR count). The van der Waals surface area contributed by atoms with Gasteiger partial charge in [0.2, 0.25) is 5.95 Å².